The van der Waals surface area contributed by atoms with Crippen molar-refractivity contribution in [2.45, 2.75) is 76.7 Å². The molecule has 11 heteroatoms. The molecule has 1 heterocycles. The van der Waals surface area contributed by atoms with Crippen LogP contribution in [0.3, 0.4) is 0 Å². The molecule has 248 valence electrons. The van der Waals surface area contributed by atoms with Crippen molar-refractivity contribution in [1.29, 1.82) is 0 Å². The fourth-order valence-electron chi connectivity index (χ4n) is 5.53. The molecule has 0 aliphatic rings. The number of unbranched alkanes of at least 4 members (excludes halogenated alkanes) is 4. The molecule has 0 saturated carbocycles. The Balaban J connectivity index is 1.56. The van der Waals surface area contributed by atoms with E-state index >= 15 is 0 Å². The number of nitrogens with zero attached hydrogens (tertiary/aromatic N) is 4. The van der Waals surface area contributed by atoms with E-state index in [0.29, 0.717) is 23.6 Å². The molecule has 0 spiro atoms. The summed E-state index contributed by atoms with van der Waals surface area (Å²) in [4.78, 5) is 13.0. The quantitative estimate of drug-likeness (QED) is 0.0936. The summed E-state index contributed by atoms with van der Waals surface area (Å²) >= 11 is 0. The maximum atomic E-state index is 13.6. The summed E-state index contributed by atoms with van der Waals surface area (Å²) in [5.41, 5.74) is 4.82. The molecule has 1 aromatic heterocycles. The molecule has 1 atom stereocenters. The predicted octanol–water partition coefficient (Wildman–Crippen LogP) is 6.54. The molecule has 0 N–H and O–H groups in total. The smallest absolute Gasteiger partial charge is 0.306 e. The van der Waals surface area contributed by atoms with E-state index in [1.165, 1.54) is 23.6 Å². The lowest BCUT2D eigenvalue weighted by molar-refractivity contribution is -0.143. The van der Waals surface area contributed by atoms with Crippen LogP contribution in [-0.2, 0) is 33.1 Å². The van der Waals surface area contributed by atoms with Crippen molar-refractivity contribution in [3.05, 3.63) is 76.9 Å². The van der Waals surface area contributed by atoms with Crippen LogP contribution < -0.4 is 9.47 Å². The molecular formula is C35H46N4O6S. The predicted molar refractivity (Wildman–Crippen MR) is 179 cm³/mol. The van der Waals surface area contributed by atoms with Gasteiger partial charge in [-0.3, -0.25) is 4.79 Å². The van der Waals surface area contributed by atoms with Crippen molar-refractivity contribution in [1.82, 2.24) is 19.3 Å². The lowest BCUT2D eigenvalue weighted by atomic mass is 9.86. The van der Waals surface area contributed by atoms with Crippen LogP contribution in [0.4, 0.5) is 0 Å². The van der Waals surface area contributed by atoms with Crippen LogP contribution in [0.5, 0.6) is 11.5 Å². The van der Waals surface area contributed by atoms with Gasteiger partial charge in [0.05, 0.1) is 31.6 Å². The van der Waals surface area contributed by atoms with E-state index in [9.17, 15) is 13.2 Å². The van der Waals surface area contributed by atoms with E-state index in [-0.39, 0.29) is 36.4 Å². The van der Waals surface area contributed by atoms with E-state index in [4.69, 9.17) is 14.2 Å². The molecule has 0 aliphatic carbocycles. The summed E-state index contributed by atoms with van der Waals surface area (Å²) in [6.45, 7) is 6.94. The van der Waals surface area contributed by atoms with Crippen LogP contribution in [-0.4, -0.2) is 61.1 Å². The number of esters is 1. The van der Waals surface area contributed by atoms with Gasteiger partial charge >= 0.3 is 5.97 Å². The number of carbonyl (C=O) groups is 1. The standard InChI is InChI=1S/C35H46N4O6S/c1-7-9-10-11-12-19-45-29-15-17-30(18-16-29)46(41,42)38(4)24-28-20-26(14-13-25(28)3)31(23-34(40)44-8-2)27-21-32-35(33(22-27)43-6)39(5)37-36-32/h13-18,20-22,31H,7-12,19,23-24H2,1-6H3. The molecule has 3 aromatic carbocycles. The Kier molecular flexibility index (Phi) is 12.2. The Morgan fingerprint density at radius 3 is 2.41 bits per heavy atom. The van der Waals surface area contributed by atoms with E-state index in [0.717, 1.165) is 40.6 Å². The second kappa shape index (κ2) is 16.0. The zero-order valence-electron chi connectivity index (χ0n) is 27.8. The molecule has 4 rings (SSSR count). The van der Waals surface area contributed by atoms with Crippen molar-refractivity contribution in [2.75, 3.05) is 27.4 Å². The maximum absolute atomic E-state index is 13.6. The van der Waals surface area contributed by atoms with Gasteiger partial charge in [0.2, 0.25) is 10.0 Å². The molecule has 1 unspecified atom stereocenters. The Bertz CT molecular complexity index is 1720. The average molecular weight is 651 g/mol. The molecule has 4 aromatic rings. The highest BCUT2D eigenvalue weighted by Gasteiger charge is 2.25. The number of aromatic nitrogens is 3. The minimum absolute atomic E-state index is 0.0898. The van der Waals surface area contributed by atoms with E-state index in [1.54, 1.807) is 57.1 Å². The zero-order chi connectivity index (χ0) is 33.3. The highest BCUT2D eigenvalue weighted by molar-refractivity contribution is 7.89. The van der Waals surface area contributed by atoms with E-state index in [2.05, 4.69) is 17.2 Å². The van der Waals surface area contributed by atoms with E-state index in [1.807, 2.05) is 37.3 Å². The highest BCUT2D eigenvalue weighted by Crippen LogP contribution is 2.36. The first-order chi connectivity index (χ1) is 22.1. The number of aryl methyl sites for hydroxylation is 2. The van der Waals surface area contributed by atoms with Crippen LogP contribution in [0.1, 0.15) is 80.5 Å². The number of carbonyl (C=O) groups excluding carboxylic acids is 1. The number of hydrogen-bond donors (Lipinski definition) is 0. The highest BCUT2D eigenvalue weighted by atomic mass is 32.2. The molecular weight excluding hydrogens is 604 g/mol. The van der Waals surface area contributed by atoms with Gasteiger partial charge in [-0.2, -0.15) is 4.31 Å². The zero-order valence-corrected chi connectivity index (χ0v) is 28.6. The lowest BCUT2D eigenvalue weighted by Crippen LogP contribution is -2.27. The number of fused-ring (bicyclic) bond motifs is 1. The molecule has 0 saturated heterocycles. The Hall–Kier alpha value is -3.96. The minimum Gasteiger partial charge on any atom is -0.494 e. The molecule has 0 bridgehead atoms. The molecule has 10 nitrogen and oxygen atoms in total. The molecule has 0 aliphatic heterocycles. The summed E-state index contributed by atoms with van der Waals surface area (Å²) in [6.07, 6.45) is 5.82. The molecule has 46 heavy (non-hydrogen) atoms. The van der Waals surface area contributed by atoms with Gasteiger partial charge in [-0.05, 0) is 78.9 Å². The van der Waals surface area contributed by atoms with Crippen molar-refractivity contribution in [2.24, 2.45) is 7.05 Å². The molecule has 0 radical (unpaired) electrons. The first kappa shape index (κ1) is 34.9. The SMILES string of the molecule is CCCCCCCOc1ccc(S(=O)(=O)N(C)Cc2cc(C(CC(=O)OCC)c3cc(OC)c4c(c3)nnn4C)ccc2C)cc1. The Morgan fingerprint density at radius 1 is 0.978 bits per heavy atom. The fourth-order valence-corrected chi connectivity index (χ4v) is 6.68. The van der Waals surface area contributed by atoms with Crippen molar-refractivity contribution < 1.29 is 27.4 Å². The van der Waals surface area contributed by atoms with Gasteiger partial charge in [-0.25, -0.2) is 13.1 Å². The second-order valence-electron chi connectivity index (χ2n) is 11.5. The number of benzene rings is 3. The minimum atomic E-state index is -3.78. The monoisotopic (exact) mass is 650 g/mol. The van der Waals surface area contributed by atoms with Gasteiger partial charge < -0.3 is 14.2 Å². The summed E-state index contributed by atoms with van der Waals surface area (Å²) < 4.78 is 46.9. The third-order valence-corrected chi connectivity index (χ3v) is 10.0. The number of hydrogen-bond acceptors (Lipinski definition) is 8. The first-order valence-corrected chi connectivity index (χ1v) is 17.3. The number of rotatable bonds is 17. The summed E-state index contributed by atoms with van der Waals surface area (Å²) in [7, 11) is 1.18. The Labute approximate surface area is 272 Å². The van der Waals surface area contributed by atoms with Gasteiger partial charge in [-0.15, -0.1) is 5.10 Å². The third kappa shape index (κ3) is 8.44. The van der Waals surface area contributed by atoms with E-state index < -0.39 is 10.0 Å². The lowest BCUT2D eigenvalue weighted by Gasteiger charge is -2.22. The first-order valence-electron chi connectivity index (χ1n) is 15.9. The normalized spacial score (nSPS) is 12.4. The van der Waals surface area contributed by atoms with Crippen molar-refractivity contribution in [3.63, 3.8) is 0 Å². The maximum Gasteiger partial charge on any atom is 0.306 e. The summed E-state index contributed by atoms with van der Waals surface area (Å²) in [6, 6.07) is 16.3. The number of sulfonamides is 1. The van der Waals surface area contributed by atoms with Gasteiger partial charge in [0.1, 0.15) is 22.5 Å². The van der Waals surface area contributed by atoms with Gasteiger partial charge in [-0.1, -0.05) is 56.0 Å². The van der Waals surface area contributed by atoms with Gasteiger partial charge in [0, 0.05) is 26.6 Å². The van der Waals surface area contributed by atoms with Crippen LogP contribution in [0, 0.1) is 6.92 Å². The Morgan fingerprint density at radius 2 is 1.72 bits per heavy atom. The summed E-state index contributed by atoms with van der Waals surface area (Å²) in [5.74, 6) is 0.524. The van der Waals surface area contributed by atoms with Crippen LogP contribution in [0.15, 0.2) is 59.5 Å². The van der Waals surface area contributed by atoms with Gasteiger partial charge in [0.25, 0.3) is 0 Å². The topological polar surface area (TPSA) is 113 Å². The number of ether oxygens (including phenoxy) is 3. The molecule has 0 fully saturated rings. The largest absolute Gasteiger partial charge is 0.494 e. The molecule has 0 amide bonds. The fraction of sp³-hybridized carbons (Fsp3) is 0.457. The second-order valence-corrected chi connectivity index (χ2v) is 13.6. The number of methoxy groups -OCH3 is 1. The third-order valence-electron chi connectivity index (χ3n) is 8.20. The summed E-state index contributed by atoms with van der Waals surface area (Å²) in [5, 5.41) is 8.41. The van der Waals surface area contributed by atoms with Gasteiger partial charge in [0.15, 0.2) is 0 Å². The van der Waals surface area contributed by atoms with Crippen LogP contribution in [0.25, 0.3) is 11.0 Å². The van der Waals surface area contributed by atoms with Crippen molar-refractivity contribution in [3.8, 4) is 11.5 Å². The van der Waals surface area contributed by atoms with Crippen LogP contribution in [0.2, 0.25) is 0 Å². The van der Waals surface area contributed by atoms with Crippen molar-refractivity contribution >= 4 is 27.0 Å². The average Bonchev–Trinajstić information content (AvgIpc) is 3.42. The van der Waals surface area contributed by atoms with Crippen LogP contribution >= 0.6 is 0 Å².